The third kappa shape index (κ3) is 5.06. The van der Waals surface area contributed by atoms with Gasteiger partial charge in [-0.3, -0.25) is 4.79 Å². The molecular formula is C27H35NO4. The van der Waals surface area contributed by atoms with Gasteiger partial charge >= 0.3 is 0 Å². The largest absolute Gasteiger partial charge is 0.386 e. The summed E-state index contributed by atoms with van der Waals surface area (Å²) in [6.45, 7) is 7.59. The highest BCUT2D eigenvalue weighted by atomic mass is 16.5. The molecule has 2 aliphatic heterocycles. The van der Waals surface area contributed by atoms with Crippen molar-refractivity contribution in [1.82, 2.24) is 4.90 Å². The van der Waals surface area contributed by atoms with Crippen molar-refractivity contribution in [3.05, 3.63) is 71.3 Å². The smallest absolute Gasteiger partial charge is 0.253 e. The first-order chi connectivity index (χ1) is 15.3. The molecule has 0 radical (unpaired) electrons. The summed E-state index contributed by atoms with van der Waals surface area (Å²) in [5, 5.41) is 10.2. The van der Waals surface area contributed by atoms with E-state index in [4.69, 9.17) is 9.47 Å². The Labute approximate surface area is 191 Å². The topological polar surface area (TPSA) is 59.0 Å². The minimum Gasteiger partial charge on any atom is -0.386 e. The van der Waals surface area contributed by atoms with E-state index in [0.717, 1.165) is 31.2 Å². The van der Waals surface area contributed by atoms with Crippen LogP contribution in [0.5, 0.6) is 0 Å². The Morgan fingerprint density at radius 2 is 1.78 bits per heavy atom. The van der Waals surface area contributed by atoms with Gasteiger partial charge < -0.3 is 19.5 Å². The zero-order valence-electron chi connectivity index (χ0n) is 19.4. The fraction of sp³-hybridized carbons (Fsp3) is 0.519. The lowest BCUT2D eigenvalue weighted by atomic mass is 9.80. The molecule has 0 saturated carbocycles. The van der Waals surface area contributed by atoms with Gasteiger partial charge in [0.05, 0.1) is 23.4 Å². The third-order valence-corrected chi connectivity index (χ3v) is 6.84. The number of ether oxygens (including phenoxy) is 2. The Morgan fingerprint density at radius 3 is 2.38 bits per heavy atom. The highest BCUT2D eigenvalue weighted by Gasteiger charge is 2.45. The van der Waals surface area contributed by atoms with Crippen LogP contribution in [-0.2, 0) is 15.1 Å². The molecule has 5 heteroatoms. The van der Waals surface area contributed by atoms with Crippen LogP contribution in [0.4, 0.5) is 0 Å². The molecule has 1 spiro atoms. The van der Waals surface area contributed by atoms with Crippen molar-refractivity contribution in [2.75, 3.05) is 19.7 Å². The highest BCUT2D eigenvalue weighted by Crippen LogP contribution is 2.44. The van der Waals surface area contributed by atoms with Gasteiger partial charge in [0.1, 0.15) is 0 Å². The van der Waals surface area contributed by atoms with E-state index >= 15 is 0 Å². The maximum absolute atomic E-state index is 13.1. The van der Waals surface area contributed by atoms with Crippen molar-refractivity contribution in [2.24, 2.45) is 0 Å². The minimum atomic E-state index is -0.913. The van der Waals surface area contributed by atoms with Crippen LogP contribution in [0.2, 0.25) is 0 Å². The Kier molecular flexibility index (Phi) is 6.70. The minimum absolute atomic E-state index is 0.0260. The molecule has 2 heterocycles. The lowest BCUT2D eigenvalue weighted by Gasteiger charge is -2.48. The second kappa shape index (κ2) is 9.34. The maximum atomic E-state index is 13.1. The molecule has 0 aliphatic carbocycles. The molecule has 4 rings (SSSR count). The van der Waals surface area contributed by atoms with Crippen molar-refractivity contribution in [2.45, 2.75) is 69.9 Å². The number of carbonyl (C=O) groups is 1. The zero-order chi connectivity index (χ0) is 22.8. The number of carbonyl (C=O) groups excluding carboxylic acids is 1. The first kappa shape index (κ1) is 23.0. The Hall–Kier alpha value is -2.21. The fourth-order valence-electron chi connectivity index (χ4n) is 5.01. The van der Waals surface area contributed by atoms with Crippen LogP contribution in [0.3, 0.4) is 0 Å². The second-order valence-electron chi connectivity index (χ2n) is 9.65. The summed E-state index contributed by atoms with van der Waals surface area (Å²) >= 11 is 0. The summed E-state index contributed by atoms with van der Waals surface area (Å²) in [5.41, 5.74) is 1.50. The van der Waals surface area contributed by atoms with Crippen molar-refractivity contribution in [1.29, 1.82) is 0 Å². The highest BCUT2D eigenvalue weighted by molar-refractivity contribution is 5.94. The number of likely N-dealkylation sites (tertiary alicyclic amines) is 1. The van der Waals surface area contributed by atoms with Gasteiger partial charge in [-0.1, -0.05) is 42.5 Å². The van der Waals surface area contributed by atoms with Crippen molar-refractivity contribution < 1.29 is 19.4 Å². The molecule has 2 saturated heterocycles. The number of rotatable bonds is 5. The molecule has 1 amide bonds. The zero-order valence-corrected chi connectivity index (χ0v) is 19.4. The molecule has 32 heavy (non-hydrogen) atoms. The summed E-state index contributed by atoms with van der Waals surface area (Å²) < 4.78 is 12.8. The molecule has 172 valence electrons. The van der Waals surface area contributed by atoms with E-state index in [1.807, 2.05) is 42.2 Å². The average molecular weight is 438 g/mol. The van der Waals surface area contributed by atoms with E-state index in [9.17, 15) is 9.90 Å². The lowest BCUT2D eigenvalue weighted by molar-refractivity contribution is -0.190. The van der Waals surface area contributed by atoms with Crippen LogP contribution >= 0.6 is 0 Å². The first-order valence-electron chi connectivity index (χ1n) is 11.8. The molecule has 2 aromatic carbocycles. The van der Waals surface area contributed by atoms with E-state index in [-0.39, 0.29) is 23.7 Å². The third-order valence-electron chi connectivity index (χ3n) is 6.84. The molecule has 5 nitrogen and oxygen atoms in total. The summed E-state index contributed by atoms with van der Waals surface area (Å²) in [7, 11) is 0. The van der Waals surface area contributed by atoms with Gasteiger partial charge in [0.25, 0.3) is 5.91 Å². The van der Waals surface area contributed by atoms with Gasteiger partial charge in [0, 0.05) is 38.1 Å². The molecule has 0 aromatic heterocycles. The number of hydrogen-bond donors (Lipinski definition) is 1. The first-order valence-corrected chi connectivity index (χ1v) is 11.8. The van der Waals surface area contributed by atoms with Gasteiger partial charge in [0.2, 0.25) is 0 Å². The number of hydrogen-bond acceptors (Lipinski definition) is 4. The van der Waals surface area contributed by atoms with Gasteiger partial charge in [0.15, 0.2) is 0 Å². The molecule has 2 fully saturated rings. The number of benzene rings is 2. The number of aliphatic hydroxyl groups is 1. The fourth-order valence-corrected chi connectivity index (χ4v) is 5.01. The van der Waals surface area contributed by atoms with Crippen LogP contribution in [0.25, 0.3) is 0 Å². The van der Waals surface area contributed by atoms with Gasteiger partial charge in [-0.2, -0.15) is 0 Å². The number of piperidine rings is 1. The average Bonchev–Trinajstić information content (AvgIpc) is 2.79. The van der Waals surface area contributed by atoms with Crippen molar-refractivity contribution in [3.8, 4) is 0 Å². The molecule has 0 bridgehead atoms. The quantitative estimate of drug-likeness (QED) is 0.727. The molecule has 2 aliphatic rings. The van der Waals surface area contributed by atoms with E-state index in [1.54, 1.807) is 13.8 Å². The summed E-state index contributed by atoms with van der Waals surface area (Å²) in [4.78, 5) is 15.0. The number of nitrogens with zero attached hydrogens (tertiary/aromatic N) is 1. The number of amides is 1. The maximum Gasteiger partial charge on any atom is 0.253 e. The molecule has 2 atom stereocenters. The van der Waals surface area contributed by atoms with Crippen LogP contribution < -0.4 is 0 Å². The van der Waals surface area contributed by atoms with Crippen LogP contribution in [0, 0.1) is 0 Å². The van der Waals surface area contributed by atoms with Gasteiger partial charge in [-0.15, -0.1) is 0 Å². The predicted octanol–water partition coefficient (Wildman–Crippen LogP) is 4.85. The van der Waals surface area contributed by atoms with Crippen LogP contribution in [-0.4, -0.2) is 47.3 Å². The Bertz CT molecular complexity index is 896. The van der Waals surface area contributed by atoms with E-state index in [1.165, 1.54) is 5.56 Å². The summed E-state index contributed by atoms with van der Waals surface area (Å²) in [5.74, 6) is 0.0407. The van der Waals surface area contributed by atoms with E-state index in [0.29, 0.717) is 25.3 Å². The normalized spacial score (nSPS) is 23.3. The van der Waals surface area contributed by atoms with Crippen molar-refractivity contribution >= 4 is 5.91 Å². The van der Waals surface area contributed by atoms with E-state index in [2.05, 4.69) is 24.3 Å². The second-order valence-corrected chi connectivity index (χ2v) is 9.65. The standard InChI is InChI=1S/C27H35NO4/c1-4-31-23-18-24(20-8-6-5-7-9-20)32-27(19-23)14-16-28(17-15-27)25(29)21-10-12-22(13-11-21)26(2,3)30/h5-13,23-24,30H,4,14-19H2,1-3H3/t23-,24-/m0/s1. The SMILES string of the molecule is CCO[C@H]1C[C@@H](c2ccccc2)OC2(CCN(C(=O)c3ccc(C(C)(C)O)cc3)CC2)C1. The molecular weight excluding hydrogens is 402 g/mol. The van der Waals surface area contributed by atoms with E-state index < -0.39 is 5.60 Å². The van der Waals surface area contributed by atoms with Gasteiger partial charge in [-0.05, 0) is 56.9 Å². The Balaban J connectivity index is 1.44. The van der Waals surface area contributed by atoms with Gasteiger partial charge in [-0.25, -0.2) is 0 Å². The van der Waals surface area contributed by atoms with Crippen LogP contribution in [0.15, 0.2) is 54.6 Å². The predicted molar refractivity (Wildman–Crippen MR) is 124 cm³/mol. The lowest BCUT2D eigenvalue weighted by Crippen LogP contribution is -2.52. The summed E-state index contributed by atoms with van der Waals surface area (Å²) in [6, 6.07) is 17.7. The molecule has 1 N–H and O–H groups in total. The summed E-state index contributed by atoms with van der Waals surface area (Å²) in [6.07, 6.45) is 3.58. The van der Waals surface area contributed by atoms with Crippen LogP contribution in [0.1, 0.15) is 74.0 Å². The monoisotopic (exact) mass is 437 g/mol. The molecule has 0 unspecified atom stereocenters. The Morgan fingerprint density at radius 1 is 1.12 bits per heavy atom. The molecule has 2 aromatic rings. The van der Waals surface area contributed by atoms with Crippen molar-refractivity contribution in [3.63, 3.8) is 0 Å².